The Morgan fingerprint density at radius 3 is 2.20 bits per heavy atom. The number of nitrogens with zero attached hydrogens (tertiary/aromatic N) is 3. The molecule has 0 spiro atoms. The van der Waals surface area contributed by atoms with Gasteiger partial charge in [-0.25, -0.2) is 9.59 Å². The Balaban J connectivity index is 1.29. The molecular formula is C41H50F3N7O9. The van der Waals surface area contributed by atoms with Crippen molar-refractivity contribution < 1.29 is 56.2 Å². The number of rotatable bonds is 7. The van der Waals surface area contributed by atoms with Gasteiger partial charge >= 0.3 is 18.4 Å². The normalized spacial score (nSPS) is 27.2. The van der Waals surface area contributed by atoms with E-state index in [1.165, 1.54) is 40.7 Å². The Labute approximate surface area is 344 Å². The van der Waals surface area contributed by atoms with Crippen LogP contribution in [-0.4, -0.2) is 125 Å². The maximum atomic E-state index is 14.7. The van der Waals surface area contributed by atoms with E-state index in [9.17, 15) is 46.7 Å². The number of halogens is 3. The van der Waals surface area contributed by atoms with Gasteiger partial charge in [-0.15, -0.1) is 13.2 Å². The number of hydrogen-bond donors (Lipinski definition) is 4. The van der Waals surface area contributed by atoms with Crippen LogP contribution < -0.4 is 26.0 Å². The number of anilines is 1. The second-order valence-corrected chi connectivity index (χ2v) is 15.9. The topological polar surface area (TPSA) is 196 Å². The Morgan fingerprint density at radius 1 is 0.833 bits per heavy atom. The lowest BCUT2D eigenvalue weighted by Gasteiger charge is -2.39. The Morgan fingerprint density at radius 2 is 1.50 bits per heavy atom. The first-order valence-corrected chi connectivity index (χ1v) is 20.2. The zero-order valence-electron chi connectivity index (χ0n) is 33.5. The molecule has 7 amide bonds. The smallest absolute Gasteiger partial charge is 0.458 e. The molecule has 8 atom stereocenters. The summed E-state index contributed by atoms with van der Waals surface area (Å²) in [6, 6.07) is 5.19. The van der Waals surface area contributed by atoms with Gasteiger partial charge in [0.25, 0.3) is 0 Å². The third-order valence-corrected chi connectivity index (χ3v) is 11.3. The van der Waals surface area contributed by atoms with E-state index in [0.717, 1.165) is 12.1 Å². The summed E-state index contributed by atoms with van der Waals surface area (Å²) in [7, 11) is 0. The molecule has 0 radical (unpaired) electrons. The SMILES string of the molecule is C[C@@H]1C[C@H]2C(=O)O[C@@H](C)[C@H](NC(=O)[C@H](Cc3ccccc3)NC(=O)Nc3ccc(OC(F)(F)F)cc3)C(=O)N3CCC[C@H]3C(=O)N3CCCC[C@H]3C(=O)N[C@@H](C)C(=O)N2C1. The fraction of sp³-hybridized carbons (Fsp3) is 0.537. The second-order valence-electron chi connectivity index (χ2n) is 15.9. The van der Waals surface area contributed by atoms with Gasteiger partial charge in [-0.3, -0.25) is 24.0 Å². The van der Waals surface area contributed by atoms with E-state index >= 15 is 0 Å². The highest BCUT2D eigenvalue weighted by molar-refractivity contribution is 5.98. The third kappa shape index (κ3) is 10.5. The molecule has 0 aliphatic carbocycles. The molecule has 4 aliphatic heterocycles. The first kappa shape index (κ1) is 43.7. The average molecular weight is 842 g/mol. The van der Waals surface area contributed by atoms with Crippen LogP contribution in [-0.2, 0) is 39.9 Å². The van der Waals surface area contributed by atoms with Crippen molar-refractivity contribution in [3.8, 4) is 5.75 Å². The van der Waals surface area contributed by atoms with Gasteiger partial charge in [0.05, 0.1) is 0 Å². The molecular weight excluding hydrogens is 791 g/mol. The second kappa shape index (κ2) is 18.6. The highest BCUT2D eigenvalue weighted by Crippen LogP contribution is 2.29. The number of ether oxygens (including phenoxy) is 2. The van der Waals surface area contributed by atoms with Crippen LogP contribution in [0.25, 0.3) is 0 Å². The van der Waals surface area contributed by atoms with Crippen molar-refractivity contribution in [1.29, 1.82) is 0 Å². The van der Waals surface area contributed by atoms with Crippen LogP contribution in [0.15, 0.2) is 54.6 Å². The van der Waals surface area contributed by atoms with Gasteiger partial charge in [0.15, 0.2) is 0 Å². The molecule has 4 saturated heterocycles. The summed E-state index contributed by atoms with van der Waals surface area (Å²) in [6.07, 6.45) is -3.73. The summed E-state index contributed by atoms with van der Waals surface area (Å²) in [5.41, 5.74) is 0.700. The minimum atomic E-state index is -4.92. The van der Waals surface area contributed by atoms with Crippen molar-refractivity contribution in [2.75, 3.05) is 25.0 Å². The van der Waals surface area contributed by atoms with E-state index in [-0.39, 0.29) is 50.5 Å². The van der Waals surface area contributed by atoms with Gasteiger partial charge in [-0.05, 0) is 88.1 Å². The van der Waals surface area contributed by atoms with E-state index in [1.807, 2.05) is 6.92 Å². The van der Waals surface area contributed by atoms with Gasteiger partial charge in [0.1, 0.15) is 48.1 Å². The molecule has 0 bridgehead atoms. The summed E-state index contributed by atoms with van der Waals surface area (Å²) >= 11 is 0. The molecule has 2 aromatic carbocycles. The van der Waals surface area contributed by atoms with Gasteiger partial charge in [-0.2, -0.15) is 0 Å². The summed E-state index contributed by atoms with van der Waals surface area (Å²) in [5, 5.41) is 10.5. The van der Waals surface area contributed by atoms with Crippen LogP contribution in [0.2, 0.25) is 0 Å². The molecule has 60 heavy (non-hydrogen) atoms. The fourth-order valence-corrected chi connectivity index (χ4v) is 8.35. The summed E-state index contributed by atoms with van der Waals surface area (Å²) in [5.74, 6) is -4.49. The predicted octanol–water partition coefficient (Wildman–Crippen LogP) is 2.86. The van der Waals surface area contributed by atoms with E-state index in [4.69, 9.17) is 4.74 Å². The summed E-state index contributed by atoms with van der Waals surface area (Å²) in [6.45, 7) is 5.41. The maximum Gasteiger partial charge on any atom is 0.573 e. The molecule has 4 heterocycles. The highest BCUT2D eigenvalue weighted by atomic mass is 19.4. The molecule has 6 rings (SSSR count). The van der Waals surface area contributed by atoms with E-state index < -0.39 is 96.0 Å². The van der Waals surface area contributed by atoms with Crippen molar-refractivity contribution in [2.45, 2.75) is 114 Å². The van der Waals surface area contributed by atoms with Crippen molar-refractivity contribution in [2.24, 2.45) is 5.92 Å². The largest absolute Gasteiger partial charge is 0.573 e. The van der Waals surface area contributed by atoms with E-state index in [1.54, 1.807) is 30.3 Å². The summed E-state index contributed by atoms with van der Waals surface area (Å²) < 4.78 is 47.8. The highest BCUT2D eigenvalue weighted by Gasteiger charge is 2.47. The summed E-state index contributed by atoms with van der Waals surface area (Å²) in [4.78, 5) is 102. The number of amides is 7. The zero-order valence-corrected chi connectivity index (χ0v) is 33.5. The van der Waals surface area contributed by atoms with E-state index in [2.05, 4.69) is 26.0 Å². The molecule has 4 fully saturated rings. The molecule has 0 aromatic heterocycles. The molecule has 4 aliphatic rings. The fourth-order valence-electron chi connectivity index (χ4n) is 8.35. The Hall–Kier alpha value is -5.88. The van der Waals surface area contributed by atoms with Gasteiger partial charge in [-0.1, -0.05) is 37.3 Å². The van der Waals surface area contributed by atoms with E-state index in [0.29, 0.717) is 31.2 Å². The van der Waals surface area contributed by atoms with Crippen molar-refractivity contribution >= 4 is 47.2 Å². The number of piperidine rings is 1. The van der Waals surface area contributed by atoms with Crippen LogP contribution in [0.4, 0.5) is 23.7 Å². The van der Waals surface area contributed by atoms with Crippen LogP contribution >= 0.6 is 0 Å². The minimum Gasteiger partial charge on any atom is -0.458 e. The van der Waals surface area contributed by atoms with Crippen LogP contribution in [0.1, 0.15) is 64.9 Å². The molecule has 16 nitrogen and oxygen atoms in total. The van der Waals surface area contributed by atoms with Crippen LogP contribution in [0.5, 0.6) is 5.75 Å². The van der Waals surface area contributed by atoms with Crippen molar-refractivity contribution in [3.63, 3.8) is 0 Å². The average Bonchev–Trinajstić information content (AvgIpc) is 3.86. The quantitative estimate of drug-likeness (QED) is 0.303. The van der Waals surface area contributed by atoms with Crippen molar-refractivity contribution in [3.05, 3.63) is 60.2 Å². The number of carbonyl (C=O) groups is 7. The van der Waals surface area contributed by atoms with Gasteiger partial charge in [0, 0.05) is 31.7 Å². The van der Waals surface area contributed by atoms with Gasteiger partial charge < -0.3 is 45.4 Å². The Bertz CT molecular complexity index is 1940. The lowest BCUT2D eigenvalue weighted by atomic mass is 9.99. The zero-order chi connectivity index (χ0) is 43.3. The lowest BCUT2D eigenvalue weighted by Crippen LogP contribution is -2.63. The third-order valence-electron chi connectivity index (χ3n) is 11.3. The maximum absolute atomic E-state index is 14.7. The molecule has 19 heteroatoms. The van der Waals surface area contributed by atoms with Crippen LogP contribution in [0, 0.1) is 5.92 Å². The van der Waals surface area contributed by atoms with Crippen LogP contribution in [0.3, 0.4) is 0 Å². The first-order valence-electron chi connectivity index (χ1n) is 20.2. The number of hydrogen-bond acceptors (Lipinski definition) is 9. The number of fused-ring (bicyclic) bond motifs is 3. The molecule has 0 saturated carbocycles. The predicted molar refractivity (Wildman–Crippen MR) is 208 cm³/mol. The number of esters is 1. The minimum absolute atomic E-state index is 0.0774. The number of carbonyl (C=O) groups excluding carboxylic acids is 7. The molecule has 0 unspecified atom stereocenters. The lowest BCUT2D eigenvalue weighted by molar-refractivity contribution is -0.274. The standard InChI is InChI=1S/C41H50F3N7O9/c1-23-20-32-39(57)59-25(3)33(38(56)50-19-9-13-31(50)37(55)49-18-8-7-12-30(49)35(53)45-24(2)36(54)51(32)22-23)48-34(52)29(21-26-10-5-4-6-11-26)47-40(58)46-27-14-16-28(17-15-27)60-41(42,43)44/h4-6,10-11,14-17,23-25,29-33H,7-9,12-13,18-22H2,1-3H3,(H,45,53)(H,48,52)(H2,46,47,58)/t23-,24+,25+,29+,30+,31+,32+,33+/m1/s1. The molecule has 4 N–H and O–H groups in total. The Kier molecular flexibility index (Phi) is 13.5. The molecule has 324 valence electrons. The number of alkyl halides is 3. The van der Waals surface area contributed by atoms with Crippen molar-refractivity contribution in [1.82, 2.24) is 30.7 Å². The number of cyclic esters (lactones) is 1. The number of urea groups is 1. The molecule has 2 aromatic rings. The number of benzene rings is 2. The monoisotopic (exact) mass is 841 g/mol. The first-order chi connectivity index (χ1) is 28.5. The number of nitrogens with one attached hydrogen (secondary N) is 4. The van der Waals surface area contributed by atoms with Gasteiger partial charge in [0.2, 0.25) is 29.5 Å².